The summed E-state index contributed by atoms with van der Waals surface area (Å²) < 4.78 is 49.9. The first-order valence-electron chi connectivity index (χ1n) is 10.1. The molecule has 4 rings (SSSR count). The molecule has 3 amide bonds. The molecule has 4 aromatic rings. The minimum Gasteiger partial charge on any atom is -0.457 e. The Morgan fingerprint density at radius 3 is 2.36 bits per heavy atom. The Kier molecular flexibility index (Phi) is 7.17. The maximum Gasteiger partial charge on any atom is 0.416 e. The number of aromatic nitrogens is 1. The lowest BCUT2D eigenvalue weighted by Crippen LogP contribution is -2.20. The number of urea groups is 1. The minimum atomic E-state index is -4.57. The fourth-order valence-corrected chi connectivity index (χ4v) is 4.03. The Morgan fingerprint density at radius 2 is 1.67 bits per heavy atom. The van der Waals surface area contributed by atoms with Gasteiger partial charge >= 0.3 is 18.3 Å². The van der Waals surface area contributed by atoms with Crippen LogP contribution in [0, 0.1) is 0 Å². The second-order valence-electron chi connectivity index (χ2n) is 7.16. The predicted octanol–water partition coefficient (Wildman–Crippen LogP) is 7.58. The molecule has 0 aliphatic heterocycles. The molecule has 0 saturated carbocycles. The normalized spacial score (nSPS) is 11.1. The number of hydrogen-bond donors (Lipinski definition) is 3. The number of carbonyl (C=O) groups excluding carboxylic acids is 2. The van der Waals surface area contributed by atoms with Crippen molar-refractivity contribution in [2.45, 2.75) is 6.18 Å². The number of benzene rings is 3. The summed E-state index contributed by atoms with van der Waals surface area (Å²) in [5.41, 5.74) is -0.0620. The van der Waals surface area contributed by atoms with Crippen molar-refractivity contribution in [3.05, 3.63) is 71.2 Å². The highest BCUT2D eigenvalue weighted by Gasteiger charge is 2.31. The van der Waals surface area contributed by atoms with Gasteiger partial charge in [-0.2, -0.15) is 13.2 Å². The van der Waals surface area contributed by atoms with E-state index in [9.17, 15) is 22.8 Å². The molecule has 3 aromatic carbocycles. The molecule has 3 N–H and O–H groups in total. The van der Waals surface area contributed by atoms with Crippen molar-refractivity contribution in [1.29, 1.82) is 0 Å². The van der Waals surface area contributed by atoms with Crippen LogP contribution < -0.4 is 20.7 Å². The maximum absolute atomic E-state index is 12.9. The topological polar surface area (TPSA) is 102 Å². The zero-order valence-electron chi connectivity index (χ0n) is 18.3. The Morgan fingerprint density at radius 1 is 0.944 bits per heavy atom. The van der Waals surface area contributed by atoms with E-state index < -0.39 is 23.9 Å². The summed E-state index contributed by atoms with van der Waals surface area (Å²) in [5, 5.41) is 7.68. The maximum atomic E-state index is 12.9. The molecule has 13 heteroatoms. The first-order chi connectivity index (χ1) is 17.1. The van der Waals surface area contributed by atoms with E-state index in [1.165, 1.54) is 18.4 Å². The van der Waals surface area contributed by atoms with Crippen LogP contribution in [0.15, 0.2) is 60.7 Å². The summed E-state index contributed by atoms with van der Waals surface area (Å²) in [6.45, 7) is 0. The van der Waals surface area contributed by atoms with Crippen LogP contribution in [0.25, 0.3) is 10.2 Å². The van der Waals surface area contributed by atoms with E-state index in [2.05, 4.69) is 25.7 Å². The number of alkyl halides is 3. The average molecular weight is 537 g/mol. The zero-order chi connectivity index (χ0) is 25.9. The van der Waals surface area contributed by atoms with Crippen molar-refractivity contribution < 1.29 is 32.2 Å². The van der Waals surface area contributed by atoms with Gasteiger partial charge < -0.3 is 20.1 Å². The molecule has 0 saturated heterocycles. The Labute approximate surface area is 211 Å². The number of halogens is 4. The smallest absolute Gasteiger partial charge is 0.416 e. The van der Waals surface area contributed by atoms with Crippen molar-refractivity contribution >= 4 is 61.8 Å². The summed E-state index contributed by atoms with van der Waals surface area (Å²) in [6, 6.07) is 13.4. The molecule has 1 aromatic heterocycles. The molecule has 0 fully saturated rings. The quantitative estimate of drug-likeness (QED) is 0.244. The van der Waals surface area contributed by atoms with Crippen LogP contribution in [0.2, 0.25) is 5.02 Å². The van der Waals surface area contributed by atoms with Gasteiger partial charge in [0.2, 0.25) is 0 Å². The van der Waals surface area contributed by atoms with E-state index in [4.69, 9.17) is 16.3 Å². The van der Waals surface area contributed by atoms with Crippen LogP contribution in [0.3, 0.4) is 0 Å². The lowest BCUT2D eigenvalue weighted by molar-refractivity contribution is -0.137. The van der Waals surface area contributed by atoms with E-state index >= 15 is 0 Å². The van der Waals surface area contributed by atoms with E-state index in [0.29, 0.717) is 27.8 Å². The summed E-state index contributed by atoms with van der Waals surface area (Å²) in [4.78, 5) is 27.9. The van der Waals surface area contributed by atoms with Gasteiger partial charge in [0.1, 0.15) is 11.5 Å². The van der Waals surface area contributed by atoms with Crippen LogP contribution in [-0.4, -0.2) is 24.2 Å². The Balaban J connectivity index is 1.39. The molecule has 0 aliphatic carbocycles. The SMILES string of the molecule is COC(=O)Nc1nc2ccc(Oc3ccc(NC(=O)Nc4cc(C(F)(F)F)ccc4Cl)cc3)cc2s1. The zero-order valence-corrected chi connectivity index (χ0v) is 19.8. The van der Waals surface area contributed by atoms with Crippen LogP contribution in [0.1, 0.15) is 5.56 Å². The number of rotatable bonds is 5. The number of thiazole rings is 1. The molecule has 0 unspecified atom stereocenters. The first kappa shape index (κ1) is 25.1. The van der Waals surface area contributed by atoms with Crippen molar-refractivity contribution in [3.63, 3.8) is 0 Å². The van der Waals surface area contributed by atoms with E-state index in [0.717, 1.165) is 22.9 Å². The molecule has 0 spiro atoms. The van der Waals surface area contributed by atoms with Crippen LogP contribution in [0.4, 0.5) is 39.3 Å². The average Bonchev–Trinajstić information content (AvgIpc) is 3.22. The van der Waals surface area contributed by atoms with Crippen molar-refractivity contribution in [1.82, 2.24) is 4.98 Å². The third kappa shape index (κ3) is 6.15. The number of hydrogen-bond acceptors (Lipinski definition) is 6. The highest BCUT2D eigenvalue weighted by Crippen LogP contribution is 2.34. The van der Waals surface area contributed by atoms with Crippen LogP contribution >= 0.6 is 22.9 Å². The Hall–Kier alpha value is -4.03. The highest BCUT2D eigenvalue weighted by molar-refractivity contribution is 7.22. The van der Waals surface area contributed by atoms with Crippen molar-refractivity contribution in [3.8, 4) is 11.5 Å². The number of methoxy groups -OCH3 is 1. The van der Waals surface area contributed by atoms with E-state index in [-0.39, 0.29) is 10.7 Å². The molecule has 8 nitrogen and oxygen atoms in total. The van der Waals surface area contributed by atoms with Gasteiger partial charge in [-0.3, -0.25) is 5.32 Å². The van der Waals surface area contributed by atoms with Gasteiger partial charge in [-0.05, 0) is 54.6 Å². The summed E-state index contributed by atoms with van der Waals surface area (Å²) in [7, 11) is 1.26. The van der Waals surface area contributed by atoms with Crippen LogP contribution in [-0.2, 0) is 10.9 Å². The van der Waals surface area contributed by atoms with Gasteiger partial charge in [0.25, 0.3) is 0 Å². The lowest BCUT2D eigenvalue weighted by Gasteiger charge is -2.12. The van der Waals surface area contributed by atoms with E-state index in [1.807, 2.05) is 0 Å². The third-order valence-corrected chi connectivity index (χ3v) is 5.91. The van der Waals surface area contributed by atoms with Gasteiger partial charge in [-0.15, -0.1) is 0 Å². The first-order valence-corrected chi connectivity index (χ1v) is 11.3. The van der Waals surface area contributed by atoms with Crippen molar-refractivity contribution in [2.24, 2.45) is 0 Å². The largest absolute Gasteiger partial charge is 0.457 e. The van der Waals surface area contributed by atoms with Crippen LogP contribution in [0.5, 0.6) is 11.5 Å². The number of carbonyl (C=O) groups is 2. The molecular weight excluding hydrogens is 521 g/mol. The third-order valence-electron chi connectivity index (χ3n) is 4.64. The predicted molar refractivity (Wildman–Crippen MR) is 131 cm³/mol. The van der Waals surface area contributed by atoms with Gasteiger partial charge in [0.05, 0.1) is 33.6 Å². The molecule has 186 valence electrons. The summed E-state index contributed by atoms with van der Waals surface area (Å²) in [6.07, 6.45) is -5.19. The van der Waals surface area contributed by atoms with Gasteiger partial charge in [-0.25, -0.2) is 14.6 Å². The standard InChI is InChI=1S/C23H16ClF3N4O4S/c1-34-22(33)31-21-30-17-9-7-15(11-19(17)36-21)35-14-5-3-13(4-6-14)28-20(32)29-18-10-12(23(25,26)27)2-8-16(18)24/h2-11H,1H3,(H2,28,29,32)(H,30,31,33). The van der Waals surface area contributed by atoms with Gasteiger partial charge in [0.15, 0.2) is 5.13 Å². The fraction of sp³-hybridized carbons (Fsp3) is 0.0870. The van der Waals surface area contributed by atoms with Crippen molar-refractivity contribution in [2.75, 3.05) is 23.1 Å². The lowest BCUT2D eigenvalue weighted by atomic mass is 10.2. The molecule has 0 radical (unpaired) electrons. The monoisotopic (exact) mass is 536 g/mol. The molecular formula is C23H16ClF3N4O4S. The van der Waals surface area contributed by atoms with Gasteiger partial charge in [0, 0.05) is 11.8 Å². The molecule has 0 bridgehead atoms. The number of fused-ring (bicyclic) bond motifs is 1. The highest BCUT2D eigenvalue weighted by atomic mass is 35.5. The van der Waals surface area contributed by atoms with E-state index in [1.54, 1.807) is 42.5 Å². The second kappa shape index (κ2) is 10.3. The summed E-state index contributed by atoms with van der Waals surface area (Å²) >= 11 is 7.15. The molecule has 0 atom stereocenters. The molecule has 0 aliphatic rings. The minimum absolute atomic E-state index is 0.0343. The number of nitrogens with one attached hydrogen (secondary N) is 3. The molecule has 1 heterocycles. The number of amides is 3. The number of nitrogens with zero attached hydrogens (tertiary/aromatic N) is 1. The second-order valence-corrected chi connectivity index (χ2v) is 8.60. The number of ether oxygens (including phenoxy) is 2. The molecule has 36 heavy (non-hydrogen) atoms. The summed E-state index contributed by atoms with van der Waals surface area (Å²) in [5.74, 6) is 0.993. The Bertz CT molecular complexity index is 1430. The fourth-order valence-electron chi connectivity index (χ4n) is 2.98. The number of anilines is 3. The van der Waals surface area contributed by atoms with Gasteiger partial charge in [-0.1, -0.05) is 22.9 Å².